The molecule has 4 aromatic rings. The predicted molar refractivity (Wildman–Crippen MR) is 98.0 cm³/mol. The van der Waals surface area contributed by atoms with Crippen molar-refractivity contribution >= 4 is 28.1 Å². The summed E-state index contributed by atoms with van der Waals surface area (Å²) in [5.74, 6) is 0.941. The first-order valence-corrected chi connectivity index (χ1v) is 7.83. The summed E-state index contributed by atoms with van der Waals surface area (Å²) in [6, 6.07) is 12.2. The van der Waals surface area contributed by atoms with Gasteiger partial charge in [0.15, 0.2) is 0 Å². The zero-order valence-corrected chi connectivity index (χ0v) is 13.6. The highest BCUT2D eigenvalue weighted by Crippen LogP contribution is 2.38. The van der Waals surface area contributed by atoms with Gasteiger partial charge in [-0.15, -0.1) is 0 Å². The topological polar surface area (TPSA) is 82.3 Å². The van der Waals surface area contributed by atoms with Gasteiger partial charge in [-0.3, -0.25) is 14.6 Å². The zero-order valence-electron chi connectivity index (χ0n) is 12.8. The molecule has 0 saturated heterocycles. The van der Waals surface area contributed by atoms with Crippen LogP contribution >= 0.6 is 11.6 Å². The fraction of sp³-hybridized carbons (Fsp3) is 0. The molecule has 0 amide bonds. The van der Waals surface area contributed by atoms with Crippen molar-refractivity contribution in [2.24, 2.45) is 0 Å². The molecule has 0 bridgehead atoms. The van der Waals surface area contributed by atoms with E-state index in [2.05, 4.69) is 4.98 Å². The Hall–Kier alpha value is -3.18. The van der Waals surface area contributed by atoms with E-state index >= 15 is 0 Å². The lowest BCUT2D eigenvalue weighted by Crippen LogP contribution is -2.35. The third-order valence-corrected chi connectivity index (χ3v) is 4.26. The number of rotatable bonds is 3. The minimum absolute atomic E-state index is 0.0562. The van der Waals surface area contributed by atoms with E-state index in [4.69, 9.17) is 22.1 Å². The Labute approximate surface area is 147 Å². The van der Waals surface area contributed by atoms with Gasteiger partial charge in [0, 0.05) is 39.8 Å². The van der Waals surface area contributed by atoms with Crippen molar-refractivity contribution in [2.45, 2.75) is 0 Å². The number of anilines is 1. The Kier molecular flexibility index (Phi) is 3.51. The molecule has 0 atom stereocenters. The molecule has 4 rings (SSSR count). The smallest absolute Gasteiger partial charge is 0.249 e. The van der Waals surface area contributed by atoms with Crippen LogP contribution in [0.5, 0.6) is 11.5 Å². The minimum Gasteiger partial charge on any atom is -0.456 e. The second kappa shape index (κ2) is 5.72. The largest absolute Gasteiger partial charge is 0.456 e. The van der Waals surface area contributed by atoms with Crippen LogP contribution < -0.4 is 21.3 Å². The van der Waals surface area contributed by atoms with Crippen LogP contribution in [0.3, 0.4) is 0 Å². The Morgan fingerprint density at radius 2 is 1.84 bits per heavy atom. The fourth-order valence-corrected chi connectivity index (χ4v) is 2.93. The molecule has 5 nitrogen and oxygen atoms in total. The first-order chi connectivity index (χ1) is 12.1. The molecule has 25 heavy (non-hydrogen) atoms. The third kappa shape index (κ3) is 2.45. The maximum Gasteiger partial charge on any atom is 0.249 e. The van der Waals surface area contributed by atoms with E-state index in [1.54, 1.807) is 36.7 Å². The van der Waals surface area contributed by atoms with Gasteiger partial charge in [0.25, 0.3) is 0 Å². The fourth-order valence-electron chi connectivity index (χ4n) is 2.76. The molecule has 0 fully saturated rings. The van der Waals surface area contributed by atoms with Crippen LogP contribution in [0.1, 0.15) is 0 Å². The van der Waals surface area contributed by atoms with E-state index < -0.39 is 10.9 Å². The van der Waals surface area contributed by atoms with Crippen molar-refractivity contribution in [3.8, 4) is 22.6 Å². The molecule has 0 unspecified atom stereocenters. The van der Waals surface area contributed by atoms with Gasteiger partial charge in [0.05, 0.1) is 11.3 Å². The molecule has 0 spiro atoms. The molecule has 0 aliphatic rings. The Balaban J connectivity index is 1.87. The van der Waals surface area contributed by atoms with Crippen LogP contribution in [0.25, 0.3) is 21.9 Å². The number of hydrogen-bond donors (Lipinski definition) is 1. The average molecular weight is 351 g/mol. The Morgan fingerprint density at radius 3 is 2.64 bits per heavy atom. The van der Waals surface area contributed by atoms with Crippen molar-refractivity contribution < 1.29 is 4.74 Å². The lowest BCUT2D eigenvalue weighted by atomic mass is 9.98. The molecule has 1 heterocycles. The second-order valence-electron chi connectivity index (χ2n) is 5.54. The van der Waals surface area contributed by atoms with E-state index in [0.717, 1.165) is 10.8 Å². The molecule has 3 aromatic carbocycles. The second-order valence-corrected chi connectivity index (χ2v) is 5.98. The number of benzene rings is 2. The van der Waals surface area contributed by atoms with Gasteiger partial charge in [-0.2, -0.15) is 0 Å². The molecule has 0 saturated carbocycles. The molecule has 1 aromatic heterocycles. The van der Waals surface area contributed by atoms with E-state index in [-0.39, 0.29) is 11.3 Å². The number of nitrogens with zero attached hydrogens (tertiary/aromatic N) is 1. The van der Waals surface area contributed by atoms with Gasteiger partial charge >= 0.3 is 0 Å². The highest BCUT2D eigenvalue weighted by Gasteiger charge is 2.23. The van der Waals surface area contributed by atoms with Gasteiger partial charge in [-0.05, 0) is 24.3 Å². The maximum absolute atomic E-state index is 11.9. The molecule has 6 heteroatoms. The van der Waals surface area contributed by atoms with E-state index in [0.29, 0.717) is 22.1 Å². The van der Waals surface area contributed by atoms with Crippen molar-refractivity contribution in [1.29, 1.82) is 0 Å². The number of aromatic nitrogens is 1. The van der Waals surface area contributed by atoms with Gasteiger partial charge in [-0.1, -0.05) is 23.7 Å². The average Bonchev–Trinajstić information content (AvgIpc) is 2.63. The Bertz CT molecular complexity index is 1190. The highest BCUT2D eigenvalue weighted by molar-refractivity contribution is 6.30. The maximum atomic E-state index is 11.9. The van der Waals surface area contributed by atoms with Crippen LogP contribution in [0.4, 0.5) is 5.69 Å². The summed E-state index contributed by atoms with van der Waals surface area (Å²) in [6.45, 7) is 0. The SMILES string of the molecule is Nc1c(-c2ccc(Cl)cc2Oc2cccc3cnccc23)c(=O)c1=O. The van der Waals surface area contributed by atoms with Crippen LogP contribution in [-0.2, 0) is 0 Å². The van der Waals surface area contributed by atoms with Gasteiger partial charge < -0.3 is 10.5 Å². The summed E-state index contributed by atoms with van der Waals surface area (Å²) in [6.07, 6.45) is 3.40. The standard InChI is InChI=1S/C19H11ClN2O3/c20-11-4-5-13(16-17(21)19(24)18(16)23)15(8-11)25-14-3-1-2-10-9-22-7-6-12(10)14/h1-9H,21H2. The Morgan fingerprint density at radius 1 is 1.00 bits per heavy atom. The summed E-state index contributed by atoms with van der Waals surface area (Å²) >= 11 is 6.08. The number of pyridine rings is 1. The number of nitrogen functional groups attached to an aromatic ring is 1. The van der Waals surface area contributed by atoms with E-state index in [1.807, 2.05) is 18.2 Å². The molecular weight excluding hydrogens is 340 g/mol. The number of halogens is 1. The summed E-state index contributed by atoms with van der Waals surface area (Å²) in [5.41, 5.74) is 4.95. The first kappa shape index (κ1) is 15.4. The number of nitrogens with two attached hydrogens (primary N) is 1. The van der Waals surface area contributed by atoms with Gasteiger partial charge in [-0.25, -0.2) is 0 Å². The normalized spacial score (nSPS) is 11.1. The highest BCUT2D eigenvalue weighted by atomic mass is 35.5. The van der Waals surface area contributed by atoms with Gasteiger partial charge in [0.1, 0.15) is 11.5 Å². The monoisotopic (exact) mass is 350 g/mol. The van der Waals surface area contributed by atoms with Crippen LogP contribution in [0.2, 0.25) is 5.02 Å². The van der Waals surface area contributed by atoms with Gasteiger partial charge in [0.2, 0.25) is 10.9 Å². The summed E-state index contributed by atoms with van der Waals surface area (Å²) in [4.78, 5) is 27.4. The third-order valence-electron chi connectivity index (χ3n) is 4.02. The van der Waals surface area contributed by atoms with Crippen LogP contribution in [0.15, 0.2) is 64.4 Å². The van der Waals surface area contributed by atoms with E-state index in [9.17, 15) is 9.59 Å². The number of fused-ring (bicyclic) bond motifs is 1. The molecular formula is C19H11ClN2O3. The van der Waals surface area contributed by atoms with Crippen molar-refractivity contribution in [3.63, 3.8) is 0 Å². The van der Waals surface area contributed by atoms with Crippen molar-refractivity contribution in [1.82, 2.24) is 4.98 Å². The quantitative estimate of drug-likeness (QED) is 0.571. The first-order valence-electron chi connectivity index (χ1n) is 7.45. The summed E-state index contributed by atoms with van der Waals surface area (Å²) < 4.78 is 6.03. The summed E-state index contributed by atoms with van der Waals surface area (Å²) in [7, 11) is 0. The number of ether oxygens (including phenoxy) is 1. The molecule has 2 N–H and O–H groups in total. The van der Waals surface area contributed by atoms with Crippen molar-refractivity contribution in [3.05, 3.63) is 80.3 Å². The van der Waals surface area contributed by atoms with E-state index in [1.165, 1.54) is 0 Å². The zero-order chi connectivity index (χ0) is 17.6. The predicted octanol–water partition coefficient (Wildman–Crippen LogP) is 3.53. The lowest BCUT2D eigenvalue weighted by molar-refractivity contribution is 0.490. The lowest BCUT2D eigenvalue weighted by Gasteiger charge is -2.15. The molecule has 0 aliphatic carbocycles. The minimum atomic E-state index is -0.674. The van der Waals surface area contributed by atoms with Crippen LogP contribution in [-0.4, -0.2) is 4.98 Å². The molecule has 0 radical (unpaired) electrons. The molecule has 0 aliphatic heterocycles. The molecule has 122 valence electrons. The number of hydrogen-bond acceptors (Lipinski definition) is 5. The van der Waals surface area contributed by atoms with Crippen molar-refractivity contribution in [2.75, 3.05) is 5.73 Å². The van der Waals surface area contributed by atoms with Crippen LogP contribution in [0, 0.1) is 0 Å². The summed E-state index contributed by atoms with van der Waals surface area (Å²) in [5, 5.41) is 2.22.